The van der Waals surface area contributed by atoms with Gasteiger partial charge in [0.2, 0.25) is 5.60 Å². The van der Waals surface area contributed by atoms with Crippen LogP contribution in [-0.4, -0.2) is 47.8 Å². The quantitative estimate of drug-likeness (QED) is 0.216. The summed E-state index contributed by atoms with van der Waals surface area (Å²) in [6.07, 6.45) is -0.770. The lowest BCUT2D eigenvalue weighted by molar-refractivity contribution is -0.188. The second-order valence-corrected chi connectivity index (χ2v) is 17.5. The number of cyclic esters (lactones) is 1. The van der Waals surface area contributed by atoms with Gasteiger partial charge >= 0.3 is 18.0 Å². The van der Waals surface area contributed by atoms with Gasteiger partial charge in [-0.05, 0) is 55.5 Å². The number of fused-ring (bicyclic) bond motifs is 5. The van der Waals surface area contributed by atoms with Gasteiger partial charge in [-0.25, -0.2) is 14.6 Å². The summed E-state index contributed by atoms with van der Waals surface area (Å²) in [6, 6.07) is 9.72. The van der Waals surface area contributed by atoms with E-state index in [9.17, 15) is 19.2 Å². The predicted octanol–water partition coefficient (Wildman–Crippen LogP) is 3.70. The number of carbonyl (C=O) groups is 3. The summed E-state index contributed by atoms with van der Waals surface area (Å²) in [5.74, 6) is -1.64. The van der Waals surface area contributed by atoms with Crippen LogP contribution < -0.4 is 16.1 Å². The van der Waals surface area contributed by atoms with Crippen molar-refractivity contribution in [3.63, 3.8) is 0 Å². The van der Waals surface area contributed by atoms with Crippen LogP contribution in [0.4, 0.5) is 4.79 Å². The summed E-state index contributed by atoms with van der Waals surface area (Å²) in [7, 11) is -1.89. The molecular weight excluding hydrogens is 542 g/mol. The molecule has 1 atom stereocenters. The molecule has 1 N–H and O–H groups in total. The molecule has 1 aromatic carbocycles. The van der Waals surface area contributed by atoms with Gasteiger partial charge in [-0.2, -0.15) is 0 Å². The fourth-order valence-electron chi connectivity index (χ4n) is 5.73. The molecule has 0 spiro atoms. The van der Waals surface area contributed by atoms with Gasteiger partial charge in [0, 0.05) is 5.56 Å². The molecule has 0 fully saturated rings. The normalized spacial score (nSPS) is 17.8. The molecular formula is C30H35N3O7Si. The standard InChI is InChI=1S/C30H35N3O7Si/c1-8-30(39-23(34)14-31-28(37)40-29(2,3)4)20-13-22-24-18(15-33(22)26(35)19(20)16-38-27(30)36)25(41(5,6)7)17-11-9-10-12-21(17)32-24/h9-13H,8,14-16H2,1-7H3,(H,31,37). The van der Waals surface area contributed by atoms with Crippen LogP contribution in [0.5, 0.6) is 0 Å². The van der Waals surface area contributed by atoms with Crippen LogP contribution in [0, 0.1) is 0 Å². The summed E-state index contributed by atoms with van der Waals surface area (Å²) >= 11 is 0. The van der Waals surface area contributed by atoms with Gasteiger partial charge in [0.15, 0.2) is 0 Å². The molecule has 0 radical (unpaired) electrons. The molecule has 0 saturated carbocycles. The third-order valence-corrected chi connectivity index (χ3v) is 9.45. The Bertz CT molecular complexity index is 1670. The second kappa shape index (κ2) is 9.83. The second-order valence-electron chi connectivity index (χ2n) is 12.5. The molecule has 3 aromatic rings. The van der Waals surface area contributed by atoms with Crippen molar-refractivity contribution in [3.8, 4) is 11.4 Å². The van der Waals surface area contributed by atoms with E-state index in [1.54, 1.807) is 38.3 Å². The van der Waals surface area contributed by atoms with Crippen LogP contribution in [0.1, 0.15) is 50.8 Å². The zero-order valence-corrected chi connectivity index (χ0v) is 25.5. The third kappa shape index (κ3) is 4.92. The van der Waals surface area contributed by atoms with E-state index in [1.165, 1.54) is 5.19 Å². The Balaban J connectivity index is 1.60. The van der Waals surface area contributed by atoms with Crippen LogP contribution in [0.25, 0.3) is 22.3 Å². The average Bonchev–Trinajstić information content (AvgIpc) is 3.24. The first-order chi connectivity index (χ1) is 19.2. The Labute approximate surface area is 239 Å². The topological polar surface area (TPSA) is 126 Å². The smallest absolute Gasteiger partial charge is 0.408 e. The molecule has 2 aliphatic rings. The fraction of sp³-hybridized carbons (Fsp3) is 0.433. The number of alkyl carbamates (subject to hydrolysis) is 1. The fourth-order valence-corrected chi connectivity index (χ4v) is 7.85. The van der Waals surface area contributed by atoms with Crippen molar-refractivity contribution < 1.29 is 28.6 Å². The Morgan fingerprint density at radius 3 is 2.51 bits per heavy atom. The Morgan fingerprint density at radius 1 is 1.15 bits per heavy atom. The van der Waals surface area contributed by atoms with Crippen molar-refractivity contribution in [1.82, 2.24) is 14.9 Å². The van der Waals surface area contributed by atoms with Crippen LogP contribution in [0.2, 0.25) is 19.6 Å². The van der Waals surface area contributed by atoms with Gasteiger partial charge in [-0.15, -0.1) is 0 Å². The number of carbonyl (C=O) groups excluding carboxylic acids is 3. The summed E-state index contributed by atoms with van der Waals surface area (Å²) in [6.45, 7) is 13.2. The molecule has 2 aliphatic heterocycles. The molecule has 10 nitrogen and oxygen atoms in total. The molecule has 0 aliphatic carbocycles. The molecule has 2 aromatic heterocycles. The zero-order valence-electron chi connectivity index (χ0n) is 24.5. The van der Waals surface area contributed by atoms with Crippen molar-refractivity contribution in [1.29, 1.82) is 0 Å². The number of amides is 1. The van der Waals surface area contributed by atoms with Crippen LogP contribution in [0.15, 0.2) is 35.1 Å². The van der Waals surface area contributed by atoms with Crippen molar-refractivity contribution in [2.45, 2.75) is 78.1 Å². The highest BCUT2D eigenvalue weighted by molar-refractivity contribution is 6.90. The predicted molar refractivity (Wildman–Crippen MR) is 156 cm³/mol. The summed E-state index contributed by atoms with van der Waals surface area (Å²) in [5, 5.41) is 4.68. The maximum atomic E-state index is 13.9. The SMILES string of the molecule is CCC1(OC(=O)CNC(=O)OC(C)(C)C)C(=O)OCc2c1cc1n(c2=O)Cc2c-1nc1ccccc1c2[Si](C)(C)C. The number of pyridine rings is 2. The van der Waals surface area contributed by atoms with Crippen molar-refractivity contribution in [2.75, 3.05) is 6.54 Å². The number of nitrogens with one attached hydrogen (secondary N) is 1. The van der Waals surface area contributed by atoms with E-state index < -0.39 is 43.9 Å². The highest BCUT2D eigenvalue weighted by Gasteiger charge is 2.50. The van der Waals surface area contributed by atoms with Crippen LogP contribution in [0.3, 0.4) is 0 Å². The van der Waals surface area contributed by atoms with E-state index in [4.69, 9.17) is 19.2 Å². The Hall–Kier alpha value is -3.99. The number of aromatic nitrogens is 2. The number of nitrogens with zero attached hydrogens (tertiary/aromatic N) is 2. The third-order valence-electron chi connectivity index (χ3n) is 7.38. The first-order valence-electron chi connectivity index (χ1n) is 13.7. The highest BCUT2D eigenvalue weighted by Crippen LogP contribution is 2.41. The molecule has 41 heavy (non-hydrogen) atoms. The lowest BCUT2D eigenvalue weighted by Gasteiger charge is -2.35. The number of ether oxygens (including phenoxy) is 3. The van der Waals surface area contributed by atoms with Crippen LogP contribution in [-0.2, 0) is 42.6 Å². The van der Waals surface area contributed by atoms with Gasteiger partial charge in [-0.3, -0.25) is 9.59 Å². The highest BCUT2D eigenvalue weighted by atomic mass is 28.3. The maximum absolute atomic E-state index is 13.9. The Kier molecular flexibility index (Phi) is 6.84. The molecule has 0 bridgehead atoms. The molecule has 11 heteroatoms. The molecule has 5 rings (SSSR count). The van der Waals surface area contributed by atoms with Gasteiger partial charge in [-0.1, -0.05) is 44.8 Å². The molecule has 216 valence electrons. The van der Waals surface area contributed by atoms with Gasteiger partial charge in [0.1, 0.15) is 18.8 Å². The minimum Gasteiger partial charge on any atom is -0.457 e. The molecule has 4 heterocycles. The van der Waals surface area contributed by atoms with Gasteiger partial charge < -0.3 is 24.1 Å². The van der Waals surface area contributed by atoms with E-state index in [-0.39, 0.29) is 29.7 Å². The number of hydrogen-bond donors (Lipinski definition) is 1. The monoisotopic (exact) mass is 577 g/mol. The number of hydrogen-bond acceptors (Lipinski definition) is 8. The Morgan fingerprint density at radius 2 is 1.85 bits per heavy atom. The number of esters is 2. The van der Waals surface area contributed by atoms with Crippen molar-refractivity contribution >= 4 is 42.2 Å². The first kappa shape index (κ1) is 28.5. The number of rotatable bonds is 5. The zero-order chi connectivity index (χ0) is 29.9. The van der Waals surface area contributed by atoms with E-state index in [2.05, 4.69) is 31.0 Å². The van der Waals surface area contributed by atoms with E-state index in [0.717, 1.165) is 16.5 Å². The minimum absolute atomic E-state index is 0.0259. The largest absolute Gasteiger partial charge is 0.457 e. The lowest BCUT2D eigenvalue weighted by Crippen LogP contribution is -2.49. The average molecular weight is 578 g/mol. The summed E-state index contributed by atoms with van der Waals surface area (Å²) in [4.78, 5) is 57.1. The van der Waals surface area contributed by atoms with Crippen LogP contribution >= 0.6 is 0 Å². The van der Waals surface area contributed by atoms with E-state index in [1.807, 2.05) is 18.2 Å². The van der Waals surface area contributed by atoms with E-state index in [0.29, 0.717) is 17.9 Å². The van der Waals surface area contributed by atoms with Crippen molar-refractivity contribution in [2.24, 2.45) is 0 Å². The molecule has 1 amide bonds. The van der Waals surface area contributed by atoms with Gasteiger partial charge in [0.25, 0.3) is 5.56 Å². The molecule has 0 saturated heterocycles. The first-order valence-corrected chi connectivity index (χ1v) is 17.2. The number of para-hydroxylation sites is 1. The minimum atomic E-state index is -1.89. The van der Waals surface area contributed by atoms with Gasteiger partial charge in [0.05, 0.1) is 37.1 Å². The van der Waals surface area contributed by atoms with Crippen molar-refractivity contribution in [3.05, 3.63) is 57.4 Å². The lowest BCUT2D eigenvalue weighted by atomic mass is 9.85. The summed E-state index contributed by atoms with van der Waals surface area (Å²) in [5.41, 5.74) is 0.750. The molecule has 1 unspecified atom stereocenters. The summed E-state index contributed by atoms with van der Waals surface area (Å²) < 4.78 is 18.0. The van der Waals surface area contributed by atoms with E-state index >= 15 is 0 Å². The maximum Gasteiger partial charge on any atom is 0.408 e. The number of benzene rings is 1.